The van der Waals surface area contributed by atoms with Crippen LogP contribution in [0, 0.1) is 0 Å². The number of aromatic nitrogens is 1. The fourth-order valence-corrected chi connectivity index (χ4v) is 3.42. The second-order valence-electron chi connectivity index (χ2n) is 5.78. The van der Waals surface area contributed by atoms with Crippen molar-refractivity contribution >= 4 is 34.7 Å². The molecule has 0 saturated carbocycles. The molecule has 0 aliphatic rings. The molecule has 140 valence electrons. The average Bonchev–Trinajstić information content (AvgIpc) is 2.98. The predicted molar refractivity (Wildman–Crippen MR) is 102 cm³/mol. The molecule has 0 bridgehead atoms. The molecule has 2 aromatic carbocycles. The van der Waals surface area contributed by atoms with Crippen molar-refractivity contribution in [2.45, 2.75) is 11.4 Å². The highest BCUT2D eigenvalue weighted by molar-refractivity contribution is 8.00. The van der Waals surface area contributed by atoms with Crippen LogP contribution in [0.2, 0.25) is 0 Å². The zero-order valence-corrected chi connectivity index (χ0v) is 15.7. The van der Waals surface area contributed by atoms with E-state index < -0.39 is 11.7 Å². The molecule has 3 aromatic rings. The van der Waals surface area contributed by atoms with Crippen molar-refractivity contribution in [2.75, 3.05) is 12.9 Å². The number of esters is 1. The van der Waals surface area contributed by atoms with Crippen LogP contribution in [-0.2, 0) is 23.1 Å². The molecule has 0 radical (unpaired) electrons. The zero-order chi connectivity index (χ0) is 19.4. The maximum atomic E-state index is 12.2. The molecule has 0 aliphatic carbocycles. The first-order chi connectivity index (χ1) is 13.0. The van der Waals surface area contributed by atoms with Gasteiger partial charge in [0.25, 0.3) is 0 Å². The number of methoxy groups -OCH3 is 1. The van der Waals surface area contributed by atoms with Crippen molar-refractivity contribution in [1.82, 2.24) is 9.88 Å². The van der Waals surface area contributed by atoms with Gasteiger partial charge in [-0.05, 0) is 29.8 Å². The first-order valence-electron chi connectivity index (χ1n) is 8.15. The number of hydrogen-bond donors (Lipinski definition) is 1. The monoisotopic (exact) mass is 386 g/mol. The Labute approximate surface area is 159 Å². The second kappa shape index (κ2) is 8.13. The average molecular weight is 386 g/mol. The summed E-state index contributed by atoms with van der Waals surface area (Å²) in [5.41, 5.74) is 2.47. The van der Waals surface area contributed by atoms with E-state index in [1.165, 1.54) is 23.4 Å². The van der Waals surface area contributed by atoms with Gasteiger partial charge in [0.2, 0.25) is 5.91 Å². The van der Waals surface area contributed by atoms with Crippen LogP contribution in [0.15, 0.2) is 56.6 Å². The molecule has 0 saturated heterocycles. The Morgan fingerprint density at radius 3 is 2.78 bits per heavy atom. The van der Waals surface area contributed by atoms with Crippen LogP contribution in [0.4, 0.5) is 0 Å². The van der Waals surface area contributed by atoms with E-state index in [2.05, 4.69) is 5.32 Å². The smallest absolute Gasteiger partial charge is 0.419 e. The highest BCUT2D eigenvalue weighted by Crippen LogP contribution is 2.23. The molecule has 1 heterocycles. The number of nitrogens with one attached hydrogen (secondary N) is 1. The number of amides is 1. The molecule has 0 fully saturated rings. The number of hydrogen-bond acceptors (Lipinski definition) is 6. The number of oxazole rings is 1. The van der Waals surface area contributed by atoms with Crippen LogP contribution >= 0.6 is 11.8 Å². The first kappa shape index (κ1) is 18.8. The van der Waals surface area contributed by atoms with Crippen molar-refractivity contribution in [3.63, 3.8) is 0 Å². The molecular weight excluding hydrogens is 368 g/mol. The maximum Gasteiger partial charge on any atom is 0.419 e. The summed E-state index contributed by atoms with van der Waals surface area (Å²) in [5, 5.41) is 2.83. The van der Waals surface area contributed by atoms with Crippen LogP contribution < -0.4 is 11.1 Å². The van der Waals surface area contributed by atoms with Crippen molar-refractivity contribution < 1.29 is 18.7 Å². The number of nitrogens with zero attached hydrogens (tertiary/aromatic N) is 1. The van der Waals surface area contributed by atoms with Gasteiger partial charge >= 0.3 is 11.7 Å². The molecule has 7 nitrogen and oxygen atoms in total. The Balaban J connectivity index is 1.60. The van der Waals surface area contributed by atoms with Gasteiger partial charge in [0.1, 0.15) is 0 Å². The molecule has 0 spiro atoms. The van der Waals surface area contributed by atoms with Gasteiger partial charge in [0.05, 0.1) is 23.9 Å². The van der Waals surface area contributed by atoms with Crippen molar-refractivity contribution in [1.29, 1.82) is 0 Å². The number of rotatable bonds is 6. The quantitative estimate of drug-likeness (QED) is 0.517. The van der Waals surface area contributed by atoms with Gasteiger partial charge in [0, 0.05) is 18.5 Å². The molecule has 27 heavy (non-hydrogen) atoms. The summed E-state index contributed by atoms with van der Waals surface area (Å²) < 4.78 is 11.3. The molecule has 8 heteroatoms. The Bertz CT molecular complexity index is 1050. The van der Waals surface area contributed by atoms with E-state index >= 15 is 0 Å². The lowest BCUT2D eigenvalue weighted by atomic mass is 10.2. The van der Waals surface area contributed by atoms with Crippen LogP contribution in [-0.4, -0.2) is 29.3 Å². The Kier molecular flexibility index (Phi) is 5.66. The molecule has 0 aliphatic heterocycles. The largest absolute Gasteiger partial charge is 0.465 e. The van der Waals surface area contributed by atoms with E-state index in [4.69, 9.17) is 9.15 Å². The van der Waals surface area contributed by atoms with E-state index in [9.17, 15) is 14.4 Å². The molecule has 1 amide bonds. The summed E-state index contributed by atoms with van der Waals surface area (Å²) >= 11 is 1.27. The Morgan fingerprint density at radius 2 is 2.00 bits per heavy atom. The van der Waals surface area contributed by atoms with E-state index in [-0.39, 0.29) is 11.7 Å². The highest BCUT2D eigenvalue weighted by atomic mass is 32.2. The second-order valence-corrected chi connectivity index (χ2v) is 6.80. The van der Waals surface area contributed by atoms with Gasteiger partial charge in [-0.15, -0.1) is 11.8 Å². The molecule has 3 rings (SSSR count). The lowest BCUT2D eigenvalue weighted by Crippen LogP contribution is -2.24. The Hall–Kier alpha value is -3.00. The third-order valence-electron chi connectivity index (χ3n) is 4.00. The topological polar surface area (TPSA) is 90.5 Å². The molecular formula is C19H18N2O5S. The lowest BCUT2D eigenvalue weighted by molar-refractivity contribution is -0.118. The number of fused-ring (bicyclic) bond motifs is 1. The number of carbonyl (C=O) groups excluding carboxylic acids is 2. The third kappa shape index (κ3) is 4.22. The zero-order valence-electron chi connectivity index (χ0n) is 14.9. The van der Waals surface area contributed by atoms with Crippen molar-refractivity contribution in [2.24, 2.45) is 7.05 Å². The minimum atomic E-state index is -0.433. The number of thioether (sulfide) groups is 1. The van der Waals surface area contributed by atoms with Crippen LogP contribution in [0.5, 0.6) is 0 Å². The summed E-state index contributed by atoms with van der Waals surface area (Å²) in [6.45, 7) is 0.327. The molecule has 1 aromatic heterocycles. The summed E-state index contributed by atoms with van der Waals surface area (Å²) in [6, 6.07) is 12.3. The summed E-state index contributed by atoms with van der Waals surface area (Å²) in [6.07, 6.45) is 0. The lowest BCUT2D eigenvalue weighted by Gasteiger charge is -2.08. The fraction of sp³-hybridized carbons (Fsp3) is 0.211. The van der Waals surface area contributed by atoms with Gasteiger partial charge in [-0.3, -0.25) is 9.36 Å². The SMILES string of the molecule is COC(=O)c1ccccc1SCC(=O)NCc1ccc2oc(=O)n(C)c2c1. The summed E-state index contributed by atoms with van der Waals surface area (Å²) in [5.74, 6) is -0.856. The van der Waals surface area contributed by atoms with Crippen LogP contribution in [0.25, 0.3) is 11.1 Å². The molecule has 1 N–H and O–H groups in total. The van der Waals surface area contributed by atoms with E-state index in [1.54, 1.807) is 49.5 Å². The summed E-state index contributed by atoms with van der Waals surface area (Å²) in [7, 11) is 2.95. The number of aryl methyl sites for hydroxylation is 1. The van der Waals surface area contributed by atoms with Crippen molar-refractivity contribution in [3.8, 4) is 0 Å². The van der Waals surface area contributed by atoms with Crippen molar-refractivity contribution in [3.05, 3.63) is 64.1 Å². The van der Waals surface area contributed by atoms with E-state index in [0.29, 0.717) is 28.1 Å². The van der Waals surface area contributed by atoms with Gasteiger partial charge in [-0.25, -0.2) is 9.59 Å². The molecule has 0 atom stereocenters. The van der Waals surface area contributed by atoms with Gasteiger partial charge in [0.15, 0.2) is 5.58 Å². The minimum absolute atomic E-state index is 0.166. The van der Waals surface area contributed by atoms with Gasteiger partial charge in [-0.2, -0.15) is 0 Å². The number of benzene rings is 2. The normalized spacial score (nSPS) is 10.7. The van der Waals surface area contributed by atoms with E-state index in [1.807, 2.05) is 0 Å². The van der Waals surface area contributed by atoms with Crippen LogP contribution in [0.1, 0.15) is 15.9 Å². The predicted octanol–water partition coefficient (Wildman–Crippen LogP) is 2.33. The van der Waals surface area contributed by atoms with Gasteiger partial charge in [-0.1, -0.05) is 18.2 Å². The Morgan fingerprint density at radius 1 is 1.22 bits per heavy atom. The molecule has 0 unspecified atom stereocenters. The maximum absolute atomic E-state index is 12.2. The summed E-state index contributed by atoms with van der Waals surface area (Å²) in [4.78, 5) is 36.1. The van der Waals surface area contributed by atoms with E-state index in [0.717, 1.165) is 5.56 Å². The van der Waals surface area contributed by atoms with Gasteiger partial charge < -0.3 is 14.5 Å². The minimum Gasteiger partial charge on any atom is -0.465 e. The first-order valence-corrected chi connectivity index (χ1v) is 9.13. The fourth-order valence-electron chi connectivity index (χ4n) is 2.55. The number of carbonyl (C=O) groups is 2. The standard InChI is InChI=1S/C19H18N2O5S/c1-21-14-9-12(7-8-15(14)26-19(21)24)10-20-17(22)11-27-16-6-4-3-5-13(16)18(23)25-2/h3-9H,10-11H2,1-2H3,(H,20,22). The third-order valence-corrected chi connectivity index (χ3v) is 5.07. The highest BCUT2D eigenvalue weighted by Gasteiger charge is 2.13. The number of ether oxygens (including phenoxy) is 1. The van der Waals surface area contributed by atoms with Crippen LogP contribution in [0.3, 0.4) is 0 Å².